The summed E-state index contributed by atoms with van der Waals surface area (Å²) in [5, 5.41) is 5.92. The first-order valence-electron chi connectivity index (χ1n) is 8.23. The lowest BCUT2D eigenvalue weighted by Gasteiger charge is -2.14. The Morgan fingerprint density at radius 3 is 2.92 bits per heavy atom. The molecular weight excluding hydrogens is 350 g/mol. The molecule has 0 aliphatic carbocycles. The summed E-state index contributed by atoms with van der Waals surface area (Å²) in [4.78, 5) is 27.0. The summed E-state index contributed by atoms with van der Waals surface area (Å²) in [6, 6.07) is 11.7. The van der Waals surface area contributed by atoms with Gasteiger partial charge in [-0.05, 0) is 23.6 Å². The third kappa shape index (κ3) is 3.50. The Bertz CT molecular complexity index is 988. The predicted molar refractivity (Wildman–Crippen MR) is 98.5 cm³/mol. The van der Waals surface area contributed by atoms with Crippen LogP contribution < -0.4 is 0 Å². The molecular formula is C18H17N5O2S. The number of nitrogens with zero attached hydrogens (tertiary/aromatic N) is 4. The number of carbonyl (C=O) groups is 1. The third-order valence-corrected chi connectivity index (χ3v) is 4.88. The van der Waals surface area contributed by atoms with Crippen LogP contribution in [-0.2, 0) is 17.8 Å². The van der Waals surface area contributed by atoms with Gasteiger partial charge in [0.25, 0.3) is 0 Å². The lowest BCUT2D eigenvalue weighted by atomic mass is 10.3. The average molecular weight is 367 g/mol. The van der Waals surface area contributed by atoms with Crippen molar-refractivity contribution in [3.8, 4) is 10.7 Å². The van der Waals surface area contributed by atoms with Gasteiger partial charge in [0, 0.05) is 19.9 Å². The number of H-pyrrole nitrogens is 1. The zero-order chi connectivity index (χ0) is 17.9. The standard InChI is InChI=1S/C18H17N5O2S/c1-23(11-15-19-12-5-2-3-6-13(12)20-15)17(24)9-8-16-21-18(22-25-16)14-7-4-10-26-14/h2-7,10H,8-9,11H2,1H3,(H,19,20). The summed E-state index contributed by atoms with van der Waals surface area (Å²) < 4.78 is 5.23. The maximum atomic E-state index is 12.4. The number of aromatic nitrogens is 4. The normalized spacial score (nSPS) is 11.1. The molecule has 0 saturated heterocycles. The van der Waals surface area contributed by atoms with Gasteiger partial charge in [-0.2, -0.15) is 4.98 Å². The number of hydrogen-bond donors (Lipinski definition) is 1. The number of nitrogens with one attached hydrogen (secondary N) is 1. The highest BCUT2D eigenvalue weighted by molar-refractivity contribution is 7.13. The predicted octanol–water partition coefficient (Wildman–Crippen LogP) is 3.27. The monoisotopic (exact) mass is 367 g/mol. The summed E-state index contributed by atoms with van der Waals surface area (Å²) in [5.41, 5.74) is 1.87. The van der Waals surface area contributed by atoms with E-state index >= 15 is 0 Å². The maximum Gasteiger partial charge on any atom is 0.227 e. The number of imidazole rings is 1. The zero-order valence-corrected chi connectivity index (χ0v) is 15.0. The molecule has 0 aliphatic rings. The van der Waals surface area contributed by atoms with Gasteiger partial charge < -0.3 is 14.4 Å². The first kappa shape index (κ1) is 16.5. The van der Waals surface area contributed by atoms with E-state index in [1.54, 1.807) is 23.3 Å². The minimum Gasteiger partial charge on any atom is -0.340 e. The molecule has 8 heteroatoms. The lowest BCUT2D eigenvalue weighted by molar-refractivity contribution is -0.130. The van der Waals surface area contributed by atoms with Crippen molar-refractivity contribution in [2.45, 2.75) is 19.4 Å². The van der Waals surface area contributed by atoms with Gasteiger partial charge in [-0.25, -0.2) is 4.98 Å². The Morgan fingerprint density at radius 2 is 2.12 bits per heavy atom. The largest absolute Gasteiger partial charge is 0.340 e. The SMILES string of the molecule is CN(Cc1nc2ccccc2[nH]1)C(=O)CCc1nc(-c2cccs2)no1. The number of rotatable bonds is 6. The van der Waals surface area contributed by atoms with Crippen molar-refractivity contribution in [3.63, 3.8) is 0 Å². The molecule has 4 rings (SSSR count). The molecule has 7 nitrogen and oxygen atoms in total. The van der Waals surface area contributed by atoms with E-state index in [0.29, 0.717) is 31.1 Å². The Kier molecular flexibility index (Phi) is 4.49. The van der Waals surface area contributed by atoms with Crippen LogP contribution in [-0.4, -0.2) is 38.0 Å². The van der Waals surface area contributed by atoms with Crippen LogP contribution in [0.1, 0.15) is 18.1 Å². The van der Waals surface area contributed by atoms with Crippen molar-refractivity contribution in [1.29, 1.82) is 0 Å². The van der Waals surface area contributed by atoms with Gasteiger partial charge in [-0.1, -0.05) is 23.4 Å². The molecule has 4 aromatic rings. The van der Waals surface area contributed by atoms with Crippen LogP contribution in [0.5, 0.6) is 0 Å². The van der Waals surface area contributed by atoms with Crippen LogP contribution in [0.15, 0.2) is 46.3 Å². The van der Waals surface area contributed by atoms with Gasteiger partial charge in [-0.15, -0.1) is 11.3 Å². The maximum absolute atomic E-state index is 12.4. The number of amides is 1. The summed E-state index contributed by atoms with van der Waals surface area (Å²) in [7, 11) is 1.76. The van der Waals surface area contributed by atoms with Crippen LogP contribution in [0.4, 0.5) is 0 Å². The highest BCUT2D eigenvalue weighted by Crippen LogP contribution is 2.21. The number of para-hydroxylation sites is 2. The molecule has 0 spiro atoms. The summed E-state index contributed by atoms with van der Waals surface area (Å²) in [5.74, 6) is 1.80. The first-order chi connectivity index (χ1) is 12.7. The molecule has 0 unspecified atom stereocenters. The summed E-state index contributed by atoms with van der Waals surface area (Å²) >= 11 is 1.55. The van der Waals surface area contributed by atoms with Crippen molar-refractivity contribution >= 4 is 28.3 Å². The molecule has 1 N–H and O–H groups in total. The number of hydrogen-bond acceptors (Lipinski definition) is 6. The molecule has 0 radical (unpaired) electrons. The van der Waals surface area contributed by atoms with E-state index < -0.39 is 0 Å². The minimum absolute atomic E-state index is 0.00123. The van der Waals surface area contributed by atoms with Gasteiger partial charge in [0.15, 0.2) is 0 Å². The highest BCUT2D eigenvalue weighted by atomic mass is 32.1. The van der Waals surface area contributed by atoms with Gasteiger partial charge in [-0.3, -0.25) is 4.79 Å². The molecule has 26 heavy (non-hydrogen) atoms. The van der Waals surface area contributed by atoms with Gasteiger partial charge >= 0.3 is 0 Å². The molecule has 0 atom stereocenters. The molecule has 132 valence electrons. The fourth-order valence-electron chi connectivity index (χ4n) is 2.66. The summed E-state index contributed by atoms with van der Waals surface area (Å²) in [6.07, 6.45) is 0.727. The van der Waals surface area contributed by atoms with Crippen LogP contribution >= 0.6 is 11.3 Å². The topological polar surface area (TPSA) is 87.9 Å². The van der Waals surface area contributed by atoms with Crippen molar-refractivity contribution in [1.82, 2.24) is 25.0 Å². The third-order valence-electron chi connectivity index (χ3n) is 4.01. The zero-order valence-electron chi connectivity index (χ0n) is 14.2. The average Bonchev–Trinajstić information content (AvgIpc) is 3.38. The fourth-order valence-corrected chi connectivity index (χ4v) is 3.31. The number of thiophene rings is 1. The second-order valence-corrected chi connectivity index (χ2v) is 6.89. The van der Waals surface area contributed by atoms with Crippen LogP contribution in [0, 0.1) is 0 Å². The Hall–Kier alpha value is -3.00. The van der Waals surface area contributed by atoms with Gasteiger partial charge in [0.2, 0.25) is 17.6 Å². The number of aromatic amines is 1. The van der Waals surface area contributed by atoms with Crippen molar-refractivity contribution < 1.29 is 9.32 Å². The molecule has 1 aromatic carbocycles. The van der Waals surface area contributed by atoms with E-state index in [9.17, 15) is 4.79 Å². The van der Waals surface area contributed by atoms with Crippen LogP contribution in [0.2, 0.25) is 0 Å². The number of fused-ring (bicyclic) bond motifs is 1. The molecule has 0 saturated carbocycles. The van der Waals surface area contributed by atoms with E-state index in [1.807, 2.05) is 41.8 Å². The molecule has 3 aromatic heterocycles. The van der Waals surface area contributed by atoms with Crippen molar-refractivity contribution in [2.24, 2.45) is 0 Å². The van der Waals surface area contributed by atoms with Crippen molar-refractivity contribution in [2.75, 3.05) is 7.05 Å². The molecule has 0 bridgehead atoms. The quantitative estimate of drug-likeness (QED) is 0.565. The fraction of sp³-hybridized carbons (Fsp3) is 0.222. The minimum atomic E-state index is 0.00123. The van der Waals surface area contributed by atoms with Crippen LogP contribution in [0.25, 0.3) is 21.7 Å². The van der Waals surface area contributed by atoms with Gasteiger partial charge in [0.05, 0.1) is 22.5 Å². The number of benzene rings is 1. The second kappa shape index (κ2) is 7.09. The second-order valence-electron chi connectivity index (χ2n) is 5.94. The van der Waals surface area contributed by atoms with Crippen molar-refractivity contribution in [3.05, 3.63) is 53.5 Å². The number of aryl methyl sites for hydroxylation is 1. The van der Waals surface area contributed by atoms with E-state index in [0.717, 1.165) is 21.7 Å². The highest BCUT2D eigenvalue weighted by Gasteiger charge is 2.15. The smallest absolute Gasteiger partial charge is 0.227 e. The van der Waals surface area contributed by atoms with E-state index in [2.05, 4.69) is 20.1 Å². The Morgan fingerprint density at radius 1 is 1.23 bits per heavy atom. The Balaban J connectivity index is 1.34. The molecule has 0 fully saturated rings. The molecule has 0 aliphatic heterocycles. The number of carbonyl (C=O) groups excluding carboxylic acids is 1. The van der Waals surface area contributed by atoms with E-state index in [1.165, 1.54) is 0 Å². The van der Waals surface area contributed by atoms with Crippen LogP contribution in [0.3, 0.4) is 0 Å². The van der Waals surface area contributed by atoms with E-state index in [-0.39, 0.29) is 5.91 Å². The molecule has 3 heterocycles. The first-order valence-corrected chi connectivity index (χ1v) is 9.11. The lowest BCUT2D eigenvalue weighted by Crippen LogP contribution is -2.26. The van der Waals surface area contributed by atoms with E-state index in [4.69, 9.17) is 4.52 Å². The Labute approximate surface area is 153 Å². The van der Waals surface area contributed by atoms with Gasteiger partial charge in [0.1, 0.15) is 5.82 Å². The molecule has 1 amide bonds. The summed E-state index contributed by atoms with van der Waals surface area (Å²) in [6.45, 7) is 0.428.